The SMILES string of the molecule is Cn1ccnc1CCn1c(N)nc2c(Cl)cccc21. The molecule has 0 aliphatic heterocycles. The molecule has 0 radical (unpaired) electrons. The van der Waals surface area contributed by atoms with E-state index in [-0.39, 0.29) is 0 Å². The van der Waals surface area contributed by atoms with Crippen LogP contribution in [0.4, 0.5) is 5.95 Å². The van der Waals surface area contributed by atoms with Gasteiger partial charge in [0.2, 0.25) is 5.95 Å². The number of aryl methyl sites for hydroxylation is 3. The predicted octanol–water partition coefficient (Wildman–Crippen LogP) is 2.25. The lowest BCUT2D eigenvalue weighted by molar-refractivity contribution is 0.670. The lowest BCUT2D eigenvalue weighted by atomic mass is 10.3. The summed E-state index contributed by atoms with van der Waals surface area (Å²) in [5.41, 5.74) is 7.67. The van der Waals surface area contributed by atoms with Gasteiger partial charge in [-0.1, -0.05) is 17.7 Å². The van der Waals surface area contributed by atoms with Gasteiger partial charge in [0, 0.05) is 32.4 Å². The molecule has 0 saturated carbocycles. The number of hydrogen-bond donors (Lipinski definition) is 1. The fourth-order valence-electron chi connectivity index (χ4n) is 2.21. The summed E-state index contributed by atoms with van der Waals surface area (Å²) in [6, 6.07) is 5.70. The molecule has 2 N–H and O–H groups in total. The average Bonchev–Trinajstić information content (AvgIpc) is 2.92. The highest BCUT2D eigenvalue weighted by atomic mass is 35.5. The van der Waals surface area contributed by atoms with Crippen LogP contribution in [0, 0.1) is 0 Å². The highest BCUT2D eigenvalue weighted by Gasteiger charge is 2.11. The van der Waals surface area contributed by atoms with Crippen molar-refractivity contribution in [1.82, 2.24) is 19.1 Å². The van der Waals surface area contributed by atoms with Crippen molar-refractivity contribution in [2.75, 3.05) is 5.73 Å². The average molecular weight is 276 g/mol. The smallest absolute Gasteiger partial charge is 0.201 e. The maximum absolute atomic E-state index is 6.12. The molecule has 3 rings (SSSR count). The van der Waals surface area contributed by atoms with Gasteiger partial charge in [-0.25, -0.2) is 9.97 Å². The Bertz CT molecular complexity index is 728. The fraction of sp³-hybridized carbons (Fsp3) is 0.231. The molecule has 0 fully saturated rings. The van der Waals surface area contributed by atoms with Gasteiger partial charge in [0.15, 0.2) is 0 Å². The lowest BCUT2D eigenvalue weighted by Gasteiger charge is -2.06. The fourth-order valence-corrected chi connectivity index (χ4v) is 2.43. The van der Waals surface area contributed by atoms with Crippen molar-refractivity contribution >= 4 is 28.6 Å². The van der Waals surface area contributed by atoms with Crippen molar-refractivity contribution in [3.05, 3.63) is 41.4 Å². The van der Waals surface area contributed by atoms with Crippen molar-refractivity contribution in [3.63, 3.8) is 0 Å². The standard InChI is InChI=1S/C13H14ClN5/c1-18-8-6-16-11(18)5-7-19-10-4-2-3-9(14)12(10)17-13(19)15/h2-4,6,8H,5,7H2,1H3,(H2,15,17). The number of anilines is 1. The molecule has 5 nitrogen and oxygen atoms in total. The Hall–Kier alpha value is -2.01. The summed E-state index contributed by atoms with van der Waals surface area (Å²) in [5, 5.41) is 0.625. The van der Waals surface area contributed by atoms with Crippen LogP contribution in [0.3, 0.4) is 0 Å². The molecule has 19 heavy (non-hydrogen) atoms. The molecule has 2 aromatic heterocycles. The van der Waals surface area contributed by atoms with Crippen LogP contribution < -0.4 is 5.73 Å². The number of imidazole rings is 2. The Labute approximate surface area is 115 Å². The van der Waals surface area contributed by atoms with Crippen molar-refractivity contribution in [3.8, 4) is 0 Å². The van der Waals surface area contributed by atoms with E-state index < -0.39 is 0 Å². The number of fused-ring (bicyclic) bond motifs is 1. The highest BCUT2D eigenvalue weighted by Crippen LogP contribution is 2.25. The number of rotatable bonds is 3. The summed E-state index contributed by atoms with van der Waals surface area (Å²) < 4.78 is 3.97. The molecular weight excluding hydrogens is 262 g/mol. The third kappa shape index (κ3) is 2.06. The number of benzene rings is 1. The minimum absolute atomic E-state index is 0.484. The van der Waals surface area contributed by atoms with Gasteiger partial charge in [0.25, 0.3) is 0 Å². The Kier molecular flexibility index (Phi) is 2.91. The second-order valence-electron chi connectivity index (χ2n) is 4.43. The number of nitrogens with zero attached hydrogens (tertiary/aromatic N) is 4. The van der Waals surface area contributed by atoms with Crippen LogP contribution in [-0.4, -0.2) is 19.1 Å². The third-order valence-corrected chi connectivity index (χ3v) is 3.54. The number of nitrogen functional groups attached to an aromatic ring is 1. The van der Waals surface area contributed by atoms with E-state index in [0.717, 1.165) is 29.8 Å². The van der Waals surface area contributed by atoms with Gasteiger partial charge >= 0.3 is 0 Å². The molecule has 6 heteroatoms. The van der Waals surface area contributed by atoms with E-state index in [1.54, 1.807) is 6.20 Å². The highest BCUT2D eigenvalue weighted by molar-refractivity contribution is 6.35. The van der Waals surface area contributed by atoms with Crippen LogP contribution in [0.5, 0.6) is 0 Å². The van der Waals surface area contributed by atoms with E-state index in [9.17, 15) is 0 Å². The van der Waals surface area contributed by atoms with Gasteiger partial charge in [-0.05, 0) is 12.1 Å². The number of aromatic nitrogens is 4. The normalized spacial score (nSPS) is 11.3. The molecule has 0 spiro atoms. The first-order valence-corrected chi connectivity index (χ1v) is 6.41. The summed E-state index contributed by atoms with van der Waals surface area (Å²) in [7, 11) is 1.98. The number of hydrogen-bond acceptors (Lipinski definition) is 3. The van der Waals surface area contributed by atoms with Crippen LogP contribution in [-0.2, 0) is 20.0 Å². The van der Waals surface area contributed by atoms with Gasteiger partial charge in [-0.15, -0.1) is 0 Å². The van der Waals surface area contributed by atoms with Gasteiger partial charge in [0.1, 0.15) is 11.3 Å². The maximum Gasteiger partial charge on any atom is 0.201 e. The van der Waals surface area contributed by atoms with Crippen molar-refractivity contribution in [1.29, 1.82) is 0 Å². The molecule has 0 unspecified atom stereocenters. The second kappa shape index (κ2) is 4.59. The third-order valence-electron chi connectivity index (χ3n) is 3.24. The molecule has 0 saturated heterocycles. The van der Waals surface area contributed by atoms with E-state index >= 15 is 0 Å². The zero-order valence-electron chi connectivity index (χ0n) is 10.5. The van der Waals surface area contributed by atoms with E-state index in [1.807, 2.05) is 40.6 Å². The number of nitrogens with two attached hydrogens (primary N) is 1. The van der Waals surface area contributed by atoms with E-state index in [4.69, 9.17) is 17.3 Å². The summed E-state index contributed by atoms with van der Waals surface area (Å²) in [4.78, 5) is 8.62. The Morgan fingerprint density at radius 1 is 1.37 bits per heavy atom. The lowest BCUT2D eigenvalue weighted by Crippen LogP contribution is -2.08. The van der Waals surface area contributed by atoms with Crippen LogP contribution in [0.2, 0.25) is 5.02 Å². The Morgan fingerprint density at radius 2 is 2.21 bits per heavy atom. The minimum Gasteiger partial charge on any atom is -0.369 e. The largest absolute Gasteiger partial charge is 0.369 e. The van der Waals surface area contributed by atoms with Crippen LogP contribution in [0.25, 0.3) is 11.0 Å². The Morgan fingerprint density at radius 3 is 2.95 bits per heavy atom. The summed E-state index contributed by atoms with van der Waals surface area (Å²) >= 11 is 6.12. The molecule has 98 valence electrons. The molecule has 0 aliphatic rings. The summed E-state index contributed by atoms with van der Waals surface area (Å²) in [6.07, 6.45) is 4.52. The molecule has 0 atom stereocenters. The van der Waals surface area contributed by atoms with Crippen molar-refractivity contribution < 1.29 is 0 Å². The molecular formula is C13H14ClN5. The minimum atomic E-state index is 0.484. The van der Waals surface area contributed by atoms with Crippen molar-refractivity contribution in [2.45, 2.75) is 13.0 Å². The second-order valence-corrected chi connectivity index (χ2v) is 4.84. The van der Waals surface area contributed by atoms with Gasteiger partial charge in [-0.2, -0.15) is 0 Å². The van der Waals surface area contributed by atoms with Crippen LogP contribution in [0.15, 0.2) is 30.6 Å². The number of halogens is 1. The van der Waals surface area contributed by atoms with Crippen LogP contribution >= 0.6 is 11.6 Å². The predicted molar refractivity (Wildman–Crippen MR) is 76.1 cm³/mol. The summed E-state index contributed by atoms with van der Waals surface area (Å²) in [5.74, 6) is 1.50. The van der Waals surface area contributed by atoms with Gasteiger partial charge < -0.3 is 14.9 Å². The Balaban J connectivity index is 1.95. The maximum atomic E-state index is 6.12. The van der Waals surface area contributed by atoms with Gasteiger partial charge in [0.05, 0.1) is 10.5 Å². The first-order chi connectivity index (χ1) is 9.16. The summed E-state index contributed by atoms with van der Waals surface area (Å²) in [6.45, 7) is 0.730. The van der Waals surface area contributed by atoms with Crippen LogP contribution in [0.1, 0.15) is 5.82 Å². The molecule has 1 aromatic carbocycles. The molecule has 3 aromatic rings. The first-order valence-electron chi connectivity index (χ1n) is 6.03. The number of para-hydroxylation sites is 1. The molecule has 2 heterocycles. The zero-order valence-corrected chi connectivity index (χ0v) is 11.3. The topological polar surface area (TPSA) is 61.7 Å². The quantitative estimate of drug-likeness (QED) is 0.797. The van der Waals surface area contributed by atoms with E-state index in [1.165, 1.54) is 0 Å². The van der Waals surface area contributed by atoms with Gasteiger partial charge in [-0.3, -0.25) is 0 Å². The zero-order chi connectivity index (χ0) is 13.4. The first kappa shape index (κ1) is 12.0. The van der Waals surface area contributed by atoms with Crippen molar-refractivity contribution in [2.24, 2.45) is 7.05 Å². The monoisotopic (exact) mass is 275 g/mol. The molecule has 0 bridgehead atoms. The van der Waals surface area contributed by atoms with E-state index in [0.29, 0.717) is 11.0 Å². The van der Waals surface area contributed by atoms with E-state index in [2.05, 4.69) is 9.97 Å². The molecule has 0 amide bonds. The molecule has 0 aliphatic carbocycles.